The lowest BCUT2D eigenvalue weighted by molar-refractivity contribution is -0.139. The maximum absolute atomic E-state index is 13.1. The van der Waals surface area contributed by atoms with E-state index < -0.39 is 17.7 Å². The summed E-state index contributed by atoms with van der Waals surface area (Å²) < 4.78 is 11.1. The predicted octanol–water partition coefficient (Wildman–Crippen LogP) is 5.32. The van der Waals surface area contributed by atoms with Crippen LogP contribution < -0.4 is 9.47 Å². The highest BCUT2D eigenvalue weighted by Gasteiger charge is 2.45. The van der Waals surface area contributed by atoms with Crippen LogP contribution in [0.1, 0.15) is 61.4 Å². The van der Waals surface area contributed by atoms with Crippen molar-refractivity contribution in [3.63, 3.8) is 0 Å². The molecule has 0 radical (unpaired) electrons. The maximum atomic E-state index is 13.1. The van der Waals surface area contributed by atoms with Crippen molar-refractivity contribution in [2.24, 2.45) is 0 Å². The number of Topliss-reactive ketones (excluding diaryl/α,β-unsaturated/α-hetero) is 1. The van der Waals surface area contributed by atoms with Gasteiger partial charge in [-0.25, -0.2) is 0 Å². The van der Waals surface area contributed by atoms with Crippen LogP contribution in [0, 0.1) is 13.8 Å². The van der Waals surface area contributed by atoms with Crippen molar-refractivity contribution < 1.29 is 24.2 Å². The van der Waals surface area contributed by atoms with Crippen molar-refractivity contribution in [2.45, 2.75) is 53.0 Å². The molecule has 0 spiro atoms. The number of methoxy groups -OCH3 is 1. The Kier molecular flexibility index (Phi) is 7.79. The second-order valence-electron chi connectivity index (χ2n) is 8.40. The number of rotatable bonds is 9. The summed E-state index contributed by atoms with van der Waals surface area (Å²) in [5, 5.41) is 11.3. The van der Waals surface area contributed by atoms with Crippen molar-refractivity contribution in [3.8, 4) is 11.5 Å². The molecule has 1 aliphatic rings. The molecule has 1 heterocycles. The number of benzene rings is 2. The van der Waals surface area contributed by atoms with Gasteiger partial charge in [0.05, 0.1) is 25.3 Å². The van der Waals surface area contributed by atoms with Crippen LogP contribution >= 0.6 is 0 Å². The highest BCUT2D eigenvalue weighted by atomic mass is 16.5. The molecule has 176 valence electrons. The van der Waals surface area contributed by atoms with Crippen LogP contribution in [0.3, 0.4) is 0 Å². The summed E-state index contributed by atoms with van der Waals surface area (Å²) in [6.07, 6.45) is 2.72. The fourth-order valence-electron chi connectivity index (χ4n) is 4.19. The topological polar surface area (TPSA) is 76.1 Å². The lowest BCUT2D eigenvalue weighted by Gasteiger charge is -2.25. The SMILES string of the molecule is CCCCOc1ccc(C2/C(=C(\O)c3cc(C)c(OC)cc3C)C(=O)C(=O)N2CCC)cc1. The Balaban J connectivity index is 2.09. The van der Waals surface area contributed by atoms with Gasteiger partial charge in [0, 0.05) is 12.1 Å². The minimum atomic E-state index is -0.665. The highest BCUT2D eigenvalue weighted by molar-refractivity contribution is 6.46. The summed E-state index contributed by atoms with van der Waals surface area (Å²) in [6.45, 7) is 8.84. The van der Waals surface area contributed by atoms with E-state index in [0.717, 1.165) is 35.3 Å². The summed E-state index contributed by atoms with van der Waals surface area (Å²) in [4.78, 5) is 27.5. The minimum Gasteiger partial charge on any atom is -0.507 e. The van der Waals surface area contributed by atoms with E-state index in [4.69, 9.17) is 9.47 Å². The lowest BCUT2D eigenvalue weighted by atomic mass is 9.93. The first-order valence-corrected chi connectivity index (χ1v) is 11.5. The number of ketones is 1. The number of ether oxygens (including phenoxy) is 2. The molecular formula is C27H33NO5. The quantitative estimate of drug-likeness (QED) is 0.242. The van der Waals surface area contributed by atoms with Crippen molar-refractivity contribution in [1.82, 2.24) is 4.90 Å². The van der Waals surface area contributed by atoms with Gasteiger partial charge in [-0.2, -0.15) is 0 Å². The normalized spacial score (nSPS) is 17.5. The van der Waals surface area contributed by atoms with E-state index >= 15 is 0 Å². The summed E-state index contributed by atoms with van der Waals surface area (Å²) in [7, 11) is 1.59. The largest absolute Gasteiger partial charge is 0.507 e. The maximum Gasteiger partial charge on any atom is 0.295 e. The Bertz CT molecular complexity index is 1050. The van der Waals surface area contributed by atoms with E-state index in [0.29, 0.717) is 30.9 Å². The average molecular weight is 452 g/mol. The summed E-state index contributed by atoms with van der Waals surface area (Å²) in [5.41, 5.74) is 2.98. The van der Waals surface area contributed by atoms with E-state index in [1.807, 2.05) is 51.1 Å². The zero-order valence-electron chi connectivity index (χ0n) is 20.1. The number of aliphatic hydroxyl groups is 1. The van der Waals surface area contributed by atoms with Crippen LogP contribution in [0.25, 0.3) is 5.76 Å². The highest BCUT2D eigenvalue weighted by Crippen LogP contribution is 2.41. The number of aliphatic hydroxyl groups excluding tert-OH is 1. The van der Waals surface area contributed by atoms with Crippen LogP contribution in [-0.4, -0.2) is 42.0 Å². The fourth-order valence-corrected chi connectivity index (χ4v) is 4.19. The van der Waals surface area contributed by atoms with E-state index in [9.17, 15) is 14.7 Å². The molecule has 0 aliphatic carbocycles. The number of hydrogen-bond acceptors (Lipinski definition) is 5. The Labute approximate surface area is 195 Å². The molecule has 3 rings (SSSR count). The lowest BCUT2D eigenvalue weighted by Crippen LogP contribution is -2.30. The van der Waals surface area contributed by atoms with Gasteiger partial charge in [0.1, 0.15) is 17.3 Å². The molecular weight excluding hydrogens is 418 g/mol. The van der Waals surface area contributed by atoms with Crippen LogP contribution in [0.15, 0.2) is 42.0 Å². The monoisotopic (exact) mass is 451 g/mol. The third-order valence-corrected chi connectivity index (χ3v) is 5.96. The Morgan fingerprint density at radius 1 is 1.03 bits per heavy atom. The molecule has 0 saturated carbocycles. The molecule has 33 heavy (non-hydrogen) atoms. The summed E-state index contributed by atoms with van der Waals surface area (Å²) in [6, 6.07) is 10.4. The van der Waals surface area contributed by atoms with Crippen LogP contribution in [-0.2, 0) is 9.59 Å². The number of carbonyl (C=O) groups excluding carboxylic acids is 2. The molecule has 1 atom stereocenters. The summed E-state index contributed by atoms with van der Waals surface area (Å²) >= 11 is 0. The van der Waals surface area contributed by atoms with Crippen molar-refractivity contribution in [3.05, 3.63) is 64.2 Å². The third kappa shape index (κ3) is 4.90. The van der Waals surface area contributed by atoms with Gasteiger partial charge in [-0.3, -0.25) is 9.59 Å². The van der Waals surface area contributed by atoms with Crippen LogP contribution in [0.5, 0.6) is 11.5 Å². The van der Waals surface area contributed by atoms with Crippen molar-refractivity contribution in [2.75, 3.05) is 20.3 Å². The van der Waals surface area contributed by atoms with Gasteiger partial charge in [-0.15, -0.1) is 0 Å². The number of carbonyl (C=O) groups is 2. The van der Waals surface area contributed by atoms with Gasteiger partial charge in [-0.05, 0) is 67.6 Å². The number of hydrogen-bond donors (Lipinski definition) is 1. The van der Waals surface area contributed by atoms with Crippen LogP contribution in [0.2, 0.25) is 0 Å². The zero-order chi connectivity index (χ0) is 24.1. The van der Waals surface area contributed by atoms with Crippen molar-refractivity contribution in [1.29, 1.82) is 0 Å². The van der Waals surface area contributed by atoms with Gasteiger partial charge in [0.25, 0.3) is 11.7 Å². The standard InChI is InChI=1S/C27H33NO5/c1-6-8-14-33-20-11-9-19(10-12-20)24-23(26(30)27(31)28(24)13-7-2)25(29)21-15-18(4)22(32-5)16-17(21)3/h9-12,15-16,24,29H,6-8,13-14H2,1-5H3/b25-23+. The molecule has 2 aromatic carbocycles. The minimum absolute atomic E-state index is 0.112. The molecule has 1 aliphatic heterocycles. The number of nitrogens with zero attached hydrogens (tertiary/aromatic N) is 1. The molecule has 1 saturated heterocycles. The number of aryl methyl sites for hydroxylation is 2. The molecule has 0 aromatic heterocycles. The number of amides is 1. The molecule has 0 bridgehead atoms. The average Bonchev–Trinajstić information content (AvgIpc) is 3.05. The number of likely N-dealkylation sites (tertiary alicyclic amines) is 1. The van der Waals surface area contributed by atoms with Gasteiger partial charge in [-0.1, -0.05) is 32.4 Å². The second-order valence-corrected chi connectivity index (χ2v) is 8.40. The van der Waals surface area contributed by atoms with E-state index in [-0.39, 0.29) is 11.3 Å². The number of unbranched alkanes of at least 4 members (excludes halogenated alkanes) is 1. The molecule has 6 nitrogen and oxygen atoms in total. The second kappa shape index (κ2) is 10.6. The smallest absolute Gasteiger partial charge is 0.295 e. The van der Waals surface area contributed by atoms with E-state index in [1.165, 1.54) is 0 Å². The van der Waals surface area contributed by atoms with Gasteiger partial charge < -0.3 is 19.5 Å². The molecule has 1 unspecified atom stereocenters. The molecule has 6 heteroatoms. The molecule has 1 amide bonds. The van der Waals surface area contributed by atoms with E-state index in [1.54, 1.807) is 18.1 Å². The zero-order valence-corrected chi connectivity index (χ0v) is 20.1. The first kappa shape index (κ1) is 24.4. The predicted molar refractivity (Wildman–Crippen MR) is 129 cm³/mol. The molecule has 2 aromatic rings. The summed E-state index contributed by atoms with van der Waals surface area (Å²) in [5.74, 6) is 0.0205. The van der Waals surface area contributed by atoms with E-state index in [2.05, 4.69) is 6.92 Å². The first-order valence-electron chi connectivity index (χ1n) is 11.5. The fraction of sp³-hybridized carbons (Fsp3) is 0.407. The Morgan fingerprint density at radius 3 is 2.33 bits per heavy atom. The Morgan fingerprint density at radius 2 is 1.73 bits per heavy atom. The molecule has 1 fully saturated rings. The van der Waals surface area contributed by atoms with Gasteiger partial charge in [0.2, 0.25) is 0 Å². The first-order chi connectivity index (χ1) is 15.8. The van der Waals surface area contributed by atoms with Gasteiger partial charge >= 0.3 is 0 Å². The van der Waals surface area contributed by atoms with Crippen molar-refractivity contribution >= 4 is 17.4 Å². The molecule has 1 N–H and O–H groups in total. The van der Waals surface area contributed by atoms with Crippen LogP contribution in [0.4, 0.5) is 0 Å². The van der Waals surface area contributed by atoms with Gasteiger partial charge in [0.15, 0.2) is 0 Å². The third-order valence-electron chi connectivity index (χ3n) is 5.96. The Hall–Kier alpha value is -3.28.